The third-order valence-electron chi connectivity index (χ3n) is 2.31. The van der Waals surface area contributed by atoms with Gasteiger partial charge in [0.1, 0.15) is 0 Å². The molecule has 0 unspecified atom stereocenters. The summed E-state index contributed by atoms with van der Waals surface area (Å²) in [7, 11) is 1.28. The average Bonchev–Trinajstić information content (AvgIpc) is 2.37. The number of carbonyl (C=O) groups excluding carboxylic acids is 2. The van der Waals surface area contributed by atoms with Gasteiger partial charge in [-0.3, -0.25) is 4.79 Å². The highest BCUT2D eigenvalue weighted by Gasteiger charge is 2.09. The van der Waals surface area contributed by atoms with Crippen LogP contribution < -0.4 is 11.1 Å². The lowest BCUT2D eigenvalue weighted by Gasteiger charge is -2.09. The molecule has 4 N–H and O–H groups in total. The Kier molecular flexibility index (Phi) is 5.13. The molecule has 6 nitrogen and oxygen atoms in total. The van der Waals surface area contributed by atoms with Gasteiger partial charge in [0.15, 0.2) is 0 Å². The molecule has 1 amide bonds. The lowest BCUT2D eigenvalue weighted by molar-refractivity contribution is -0.116. The average molecular weight is 252 g/mol. The van der Waals surface area contributed by atoms with Crippen LogP contribution in [0.2, 0.25) is 0 Å². The summed E-state index contributed by atoms with van der Waals surface area (Å²) in [4.78, 5) is 22.7. The van der Waals surface area contributed by atoms with Gasteiger partial charge in [-0.1, -0.05) is 0 Å². The smallest absolute Gasteiger partial charge is 0.337 e. The first-order chi connectivity index (χ1) is 8.58. The minimum Gasteiger partial charge on any atom is -0.465 e. The van der Waals surface area contributed by atoms with Gasteiger partial charge in [0.25, 0.3) is 0 Å². The van der Waals surface area contributed by atoms with E-state index in [-0.39, 0.29) is 24.6 Å². The summed E-state index contributed by atoms with van der Waals surface area (Å²) in [5.41, 5.74) is 6.76. The van der Waals surface area contributed by atoms with Crippen molar-refractivity contribution in [3.63, 3.8) is 0 Å². The maximum Gasteiger partial charge on any atom is 0.337 e. The molecule has 1 rings (SSSR count). The summed E-state index contributed by atoms with van der Waals surface area (Å²) < 4.78 is 4.56. The Morgan fingerprint density at radius 2 is 2.17 bits per heavy atom. The van der Waals surface area contributed by atoms with Crippen molar-refractivity contribution in [1.29, 1.82) is 0 Å². The number of nitrogens with two attached hydrogens (primary N) is 1. The fraction of sp³-hybridized carbons (Fsp3) is 0.333. The topological polar surface area (TPSA) is 102 Å². The van der Waals surface area contributed by atoms with Gasteiger partial charge < -0.3 is 20.9 Å². The van der Waals surface area contributed by atoms with Crippen molar-refractivity contribution < 1.29 is 19.4 Å². The number of hydrogen-bond acceptors (Lipinski definition) is 5. The predicted octanol–water partition coefficient (Wildman–Crippen LogP) is 0.766. The number of carbonyl (C=O) groups is 2. The van der Waals surface area contributed by atoms with E-state index in [2.05, 4.69) is 10.1 Å². The fourth-order valence-electron chi connectivity index (χ4n) is 1.37. The van der Waals surface area contributed by atoms with E-state index in [0.717, 1.165) is 0 Å². The number of benzene rings is 1. The van der Waals surface area contributed by atoms with Crippen LogP contribution in [0.3, 0.4) is 0 Å². The van der Waals surface area contributed by atoms with Gasteiger partial charge in [0.2, 0.25) is 5.91 Å². The standard InChI is InChI=1S/C12H16N2O4/c1-18-12(17)8-4-5-10(9(13)7-8)14-11(16)3-2-6-15/h4-5,7,15H,2-3,6,13H2,1H3,(H,14,16). The number of nitrogen functional groups attached to an aromatic ring is 1. The number of aliphatic hydroxyl groups excluding tert-OH is 1. The zero-order valence-corrected chi connectivity index (χ0v) is 10.1. The molecule has 0 bridgehead atoms. The summed E-state index contributed by atoms with van der Waals surface area (Å²) in [6.45, 7) is -0.0375. The molecule has 0 spiro atoms. The molecular weight excluding hydrogens is 236 g/mol. The number of anilines is 2. The van der Waals surface area contributed by atoms with Crippen LogP contribution in [-0.4, -0.2) is 30.7 Å². The molecule has 0 saturated carbocycles. The monoisotopic (exact) mass is 252 g/mol. The van der Waals surface area contributed by atoms with E-state index >= 15 is 0 Å². The van der Waals surface area contributed by atoms with Crippen LogP contribution in [0, 0.1) is 0 Å². The zero-order valence-electron chi connectivity index (χ0n) is 10.1. The van der Waals surface area contributed by atoms with Crippen LogP contribution in [0.25, 0.3) is 0 Å². The molecular formula is C12H16N2O4. The van der Waals surface area contributed by atoms with Crippen molar-refractivity contribution in [2.75, 3.05) is 24.8 Å². The summed E-state index contributed by atoms with van der Waals surface area (Å²) >= 11 is 0. The van der Waals surface area contributed by atoms with Gasteiger partial charge in [-0.05, 0) is 24.6 Å². The molecule has 0 aromatic heterocycles. The highest BCUT2D eigenvalue weighted by molar-refractivity contribution is 5.96. The van der Waals surface area contributed by atoms with Gasteiger partial charge >= 0.3 is 5.97 Å². The van der Waals surface area contributed by atoms with E-state index in [1.165, 1.54) is 19.2 Å². The zero-order chi connectivity index (χ0) is 13.5. The van der Waals surface area contributed by atoms with E-state index < -0.39 is 5.97 Å². The molecule has 1 aromatic rings. The Hall–Kier alpha value is -2.08. The highest BCUT2D eigenvalue weighted by Crippen LogP contribution is 2.20. The largest absolute Gasteiger partial charge is 0.465 e. The number of aliphatic hydroxyl groups is 1. The summed E-state index contributed by atoms with van der Waals surface area (Å²) in [5.74, 6) is -0.721. The summed E-state index contributed by atoms with van der Waals surface area (Å²) in [5, 5.41) is 11.2. The second kappa shape index (κ2) is 6.61. The number of rotatable bonds is 5. The summed E-state index contributed by atoms with van der Waals surface area (Å²) in [6, 6.07) is 4.50. The molecule has 0 radical (unpaired) electrons. The molecule has 0 aliphatic heterocycles. The lowest BCUT2D eigenvalue weighted by atomic mass is 10.1. The van der Waals surface area contributed by atoms with Crippen LogP contribution in [0.4, 0.5) is 11.4 Å². The van der Waals surface area contributed by atoms with E-state index in [1.54, 1.807) is 6.07 Å². The quantitative estimate of drug-likeness (QED) is 0.530. The maximum atomic E-state index is 11.4. The Bertz CT molecular complexity index is 446. The number of hydrogen-bond donors (Lipinski definition) is 3. The molecule has 6 heteroatoms. The second-order valence-corrected chi connectivity index (χ2v) is 3.67. The Balaban J connectivity index is 2.74. The third-order valence-corrected chi connectivity index (χ3v) is 2.31. The number of amides is 1. The SMILES string of the molecule is COC(=O)c1ccc(NC(=O)CCCO)c(N)c1. The van der Waals surface area contributed by atoms with Crippen LogP contribution in [0.15, 0.2) is 18.2 Å². The van der Waals surface area contributed by atoms with Crippen molar-refractivity contribution in [3.05, 3.63) is 23.8 Å². The van der Waals surface area contributed by atoms with E-state index in [9.17, 15) is 9.59 Å². The number of methoxy groups -OCH3 is 1. The minimum absolute atomic E-state index is 0.0375. The summed E-state index contributed by atoms with van der Waals surface area (Å²) in [6.07, 6.45) is 0.612. The van der Waals surface area contributed by atoms with E-state index in [0.29, 0.717) is 17.7 Å². The van der Waals surface area contributed by atoms with Crippen molar-refractivity contribution in [1.82, 2.24) is 0 Å². The first-order valence-electron chi connectivity index (χ1n) is 5.47. The van der Waals surface area contributed by atoms with Crippen LogP contribution in [0.5, 0.6) is 0 Å². The van der Waals surface area contributed by atoms with Gasteiger partial charge in [0, 0.05) is 13.0 Å². The predicted molar refractivity (Wildman–Crippen MR) is 67.1 cm³/mol. The fourth-order valence-corrected chi connectivity index (χ4v) is 1.37. The van der Waals surface area contributed by atoms with Gasteiger partial charge in [0.05, 0.1) is 24.0 Å². The number of ether oxygens (including phenoxy) is 1. The second-order valence-electron chi connectivity index (χ2n) is 3.67. The third kappa shape index (κ3) is 3.74. The minimum atomic E-state index is -0.486. The molecule has 98 valence electrons. The van der Waals surface area contributed by atoms with Crippen molar-refractivity contribution in [2.24, 2.45) is 0 Å². The van der Waals surface area contributed by atoms with Gasteiger partial charge in [-0.15, -0.1) is 0 Å². The molecule has 0 atom stereocenters. The first-order valence-corrected chi connectivity index (χ1v) is 5.47. The molecule has 0 fully saturated rings. The van der Waals surface area contributed by atoms with E-state index in [1.807, 2.05) is 0 Å². The molecule has 0 saturated heterocycles. The van der Waals surface area contributed by atoms with Gasteiger partial charge in [-0.25, -0.2) is 4.79 Å². The molecule has 0 aliphatic rings. The lowest BCUT2D eigenvalue weighted by Crippen LogP contribution is -2.13. The van der Waals surface area contributed by atoms with Crippen LogP contribution in [-0.2, 0) is 9.53 Å². The molecule has 1 aromatic carbocycles. The van der Waals surface area contributed by atoms with E-state index in [4.69, 9.17) is 10.8 Å². The highest BCUT2D eigenvalue weighted by atomic mass is 16.5. The number of esters is 1. The van der Waals surface area contributed by atoms with Crippen molar-refractivity contribution in [3.8, 4) is 0 Å². The maximum absolute atomic E-state index is 11.4. The molecule has 18 heavy (non-hydrogen) atoms. The van der Waals surface area contributed by atoms with Crippen molar-refractivity contribution >= 4 is 23.3 Å². The Morgan fingerprint density at radius 1 is 1.44 bits per heavy atom. The van der Waals surface area contributed by atoms with Crippen molar-refractivity contribution in [2.45, 2.75) is 12.8 Å². The molecule has 0 heterocycles. The van der Waals surface area contributed by atoms with Crippen LogP contribution in [0.1, 0.15) is 23.2 Å². The normalized spacial score (nSPS) is 9.89. The van der Waals surface area contributed by atoms with Crippen LogP contribution >= 0.6 is 0 Å². The first kappa shape index (κ1) is 14.0. The molecule has 0 aliphatic carbocycles. The Morgan fingerprint density at radius 3 is 2.72 bits per heavy atom. The Labute approximate surface area is 105 Å². The number of nitrogens with one attached hydrogen (secondary N) is 1. The van der Waals surface area contributed by atoms with Gasteiger partial charge in [-0.2, -0.15) is 0 Å².